The number of carbonyl (C=O) groups excluding carboxylic acids is 1. The topological polar surface area (TPSA) is 55.1 Å². The number of hydrogen-bond acceptors (Lipinski definition) is 2. The van der Waals surface area contributed by atoms with Crippen LogP contribution in [0.5, 0.6) is 0 Å². The molecule has 0 radical (unpaired) electrons. The number of nitrogens with one attached hydrogen (secondary N) is 1. The van der Waals surface area contributed by atoms with Gasteiger partial charge in [-0.2, -0.15) is 0 Å². The lowest BCUT2D eigenvalue weighted by molar-refractivity contribution is -0.123. The molecule has 0 bridgehead atoms. The summed E-state index contributed by atoms with van der Waals surface area (Å²) < 4.78 is 0. The highest BCUT2D eigenvalue weighted by molar-refractivity contribution is 5.82. The Morgan fingerprint density at radius 2 is 2.23 bits per heavy atom. The van der Waals surface area contributed by atoms with Crippen molar-refractivity contribution in [3.8, 4) is 0 Å². The Balaban J connectivity index is 2.21. The van der Waals surface area contributed by atoms with Crippen molar-refractivity contribution in [1.29, 1.82) is 0 Å². The molecule has 1 rings (SSSR count). The highest BCUT2D eigenvalue weighted by Gasteiger charge is 2.39. The van der Waals surface area contributed by atoms with Gasteiger partial charge < -0.3 is 11.1 Å². The summed E-state index contributed by atoms with van der Waals surface area (Å²) in [7, 11) is 0. The Morgan fingerprint density at radius 3 is 2.69 bits per heavy atom. The summed E-state index contributed by atoms with van der Waals surface area (Å²) in [5, 5.41) is 2.97. The van der Waals surface area contributed by atoms with Gasteiger partial charge >= 0.3 is 0 Å². The third-order valence-electron chi connectivity index (χ3n) is 2.63. The van der Waals surface area contributed by atoms with E-state index >= 15 is 0 Å². The van der Waals surface area contributed by atoms with Crippen molar-refractivity contribution in [3.63, 3.8) is 0 Å². The van der Waals surface area contributed by atoms with Gasteiger partial charge in [0.05, 0.1) is 6.04 Å². The molecule has 1 unspecified atom stereocenters. The van der Waals surface area contributed by atoms with Crippen LogP contribution in [0.3, 0.4) is 0 Å². The third-order valence-corrected chi connectivity index (χ3v) is 2.63. The molecule has 3 heteroatoms. The largest absolute Gasteiger partial charge is 0.350 e. The van der Waals surface area contributed by atoms with Gasteiger partial charge in [0.1, 0.15) is 0 Å². The smallest absolute Gasteiger partial charge is 0.237 e. The first kappa shape index (κ1) is 10.5. The highest BCUT2D eigenvalue weighted by Crippen LogP contribution is 2.34. The van der Waals surface area contributed by atoms with Crippen molar-refractivity contribution in [2.75, 3.05) is 0 Å². The van der Waals surface area contributed by atoms with Gasteiger partial charge in [0.2, 0.25) is 5.91 Å². The summed E-state index contributed by atoms with van der Waals surface area (Å²) in [4.78, 5) is 11.5. The Morgan fingerprint density at radius 1 is 1.62 bits per heavy atom. The average Bonchev–Trinajstić information content (AvgIpc) is 2.79. The molecular weight excluding hydrogens is 164 g/mol. The molecule has 1 atom stereocenters. The second-order valence-electron chi connectivity index (χ2n) is 4.30. The standard InChI is InChI=1S/C10H20N2O/c1-3-4-5-8(11)9(13)12-10(2)6-7-10/h8H,3-7,11H2,1-2H3,(H,12,13). The summed E-state index contributed by atoms with van der Waals surface area (Å²) in [6.07, 6.45) is 5.13. The van der Waals surface area contributed by atoms with Crippen LogP contribution in [0, 0.1) is 0 Å². The summed E-state index contributed by atoms with van der Waals surface area (Å²) in [5.74, 6) is 0.0217. The van der Waals surface area contributed by atoms with E-state index in [-0.39, 0.29) is 17.5 Å². The first-order chi connectivity index (χ1) is 6.07. The zero-order chi connectivity index (χ0) is 9.90. The van der Waals surface area contributed by atoms with Gasteiger partial charge in [0.15, 0.2) is 0 Å². The van der Waals surface area contributed by atoms with E-state index in [1.54, 1.807) is 0 Å². The van der Waals surface area contributed by atoms with Crippen LogP contribution in [-0.4, -0.2) is 17.5 Å². The van der Waals surface area contributed by atoms with E-state index < -0.39 is 0 Å². The van der Waals surface area contributed by atoms with E-state index in [0.717, 1.165) is 32.1 Å². The Bertz CT molecular complexity index is 187. The van der Waals surface area contributed by atoms with Crippen molar-refractivity contribution in [2.24, 2.45) is 5.73 Å². The lowest BCUT2D eigenvalue weighted by atomic mass is 10.1. The highest BCUT2D eigenvalue weighted by atomic mass is 16.2. The van der Waals surface area contributed by atoms with E-state index in [9.17, 15) is 4.79 Å². The number of amides is 1. The predicted octanol–water partition coefficient (Wildman–Crippen LogP) is 1.17. The summed E-state index contributed by atoms with van der Waals surface area (Å²) in [6.45, 7) is 4.17. The fourth-order valence-electron chi connectivity index (χ4n) is 1.26. The molecule has 13 heavy (non-hydrogen) atoms. The number of rotatable bonds is 5. The molecule has 1 aliphatic rings. The Labute approximate surface area is 80.1 Å². The second kappa shape index (κ2) is 4.09. The molecule has 76 valence electrons. The second-order valence-corrected chi connectivity index (χ2v) is 4.30. The normalized spacial score (nSPS) is 20.8. The van der Waals surface area contributed by atoms with Crippen LogP contribution in [0.2, 0.25) is 0 Å². The molecule has 0 aromatic heterocycles. The first-order valence-electron chi connectivity index (χ1n) is 5.15. The number of unbranched alkanes of at least 4 members (excludes halogenated alkanes) is 1. The Kier molecular flexibility index (Phi) is 3.31. The maximum atomic E-state index is 11.5. The van der Waals surface area contributed by atoms with Crippen LogP contribution < -0.4 is 11.1 Å². The third kappa shape index (κ3) is 3.35. The Hall–Kier alpha value is -0.570. The van der Waals surface area contributed by atoms with E-state index in [0.29, 0.717) is 0 Å². The molecule has 0 aromatic rings. The fraction of sp³-hybridized carbons (Fsp3) is 0.900. The zero-order valence-corrected chi connectivity index (χ0v) is 8.60. The zero-order valence-electron chi connectivity index (χ0n) is 8.60. The number of nitrogens with two attached hydrogens (primary N) is 1. The van der Waals surface area contributed by atoms with Gasteiger partial charge in [-0.3, -0.25) is 4.79 Å². The van der Waals surface area contributed by atoms with Crippen LogP contribution in [-0.2, 0) is 4.79 Å². The molecule has 0 aromatic carbocycles. The fourth-order valence-corrected chi connectivity index (χ4v) is 1.26. The lowest BCUT2D eigenvalue weighted by Crippen LogP contribution is -2.45. The van der Waals surface area contributed by atoms with Crippen molar-refractivity contribution >= 4 is 5.91 Å². The van der Waals surface area contributed by atoms with E-state index in [1.807, 2.05) is 0 Å². The molecular formula is C10H20N2O. The number of carbonyl (C=O) groups is 1. The van der Waals surface area contributed by atoms with E-state index in [4.69, 9.17) is 5.73 Å². The SMILES string of the molecule is CCCCC(N)C(=O)NC1(C)CC1. The number of hydrogen-bond donors (Lipinski definition) is 2. The molecule has 0 spiro atoms. The van der Waals surface area contributed by atoms with Gasteiger partial charge in [0.25, 0.3) is 0 Å². The molecule has 1 aliphatic carbocycles. The van der Waals surface area contributed by atoms with Gasteiger partial charge in [-0.15, -0.1) is 0 Å². The molecule has 3 N–H and O–H groups in total. The van der Waals surface area contributed by atoms with Crippen LogP contribution in [0.1, 0.15) is 46.0 Å². The summed E-state index contributed by atoms with van der Waals surface area (Å²) in [6, 6.07) is -0.308. The minimum Gasteiger partial charge on any atom is -0.350 e. The van der Waals surface area contributed by atoms with E-state index in [2.05, 4.69) is 19.2 Å². The minimum absolute atomic E-state index is 0.0217. The molecule has 1 saturated carbocycles. The molecule has 0 saturated heterocycles. The summed E-state index contributed by atoms with van der Waals surface area (Å²) in [5.41, 5.74) is 5.80. The van der Waals surface area contributed by atoms with Crippen molar-refractivity contribution in [2.45, 2.75) is 57.5 Å². The summed E-state index contributed by atoms with van der Waals surface area (Å²) >= 11 is 0. The molecule has 0 aliphatic heterocycles. The quantitative estimate of drug-likeness (QED) is 0.674. The van der Waals surface area contributed by atoms with Crippen LogP contribution >= 0.6 is 0 Å². The van der Waals surface area contributed by atoms with Gasteiger partial charge in [0, 0.05) is 5.54 Å². The molecule has 1 amide bonds. The van der Waals surface area contributed by atoms with Gasteiger partial charge in [-0.05, 0) is 26.2 Å². The average molecular weight is 184 g/mol. The maximum Gasteiger partial charge on any atom is 0.237 e. The first-order valence-corrected chi connectivity index (χ1v) is 5.15. The molecule has 0 heterocycles. The maximum absolute atomic E-state index is 11.5. The molecule has 1 fully saturated rings. The van der Waals surface area contributed by atoms with Gasteiger partial charge in [-0.1, -0.05) is 19.8 Å². The predicted molar refractivity (Wildman–Crippen MR) is 53.3 cm³/mol. The van der Waals surface area contributed by atoms with Crippen molar-refractivity contribution in [1.82, 2.24) is 5.32 Å². The van der Waals surface area contributed by atoms with Crippen LogP contribution in [0.15, 0.2) is 0 Å². The van der Waals surface area contributed by atoms with Crippen molar-refractivity contribution < 1.29 is 4.79 Å². The monoisotopic (exact) mass is 184 g/mol. The van der Waals surface area contributed by atoms with Crippen LogP contribution in [0.25, 0.3) is 0 Å². The lowest BCUT2D eigenvalue weighted by Gasteiger charge is -2.15. The minimum atomic E-state index is -0.308. The van der Waals surface area contributed by atoms with Crippen LogP contribution in [0.4, 0.5) is 0 Å². The molecule has 3 nitrogen and oxygen atoms in total. The van der Waals surface area contributed by atoms with Gasteiger partial charge in [-0.25, -0.2) is 0 Å². The van der Waals surface area contributed by atoms with Crippen molar-refractivity contribution in [3.05, 3.63) is 0 Å². The van der Waals surface area contributed by atoms with E-state index in [1.165, 1.54) is 0 Å².